The maximum atomic E-state index is 12.7. The average Bonchev–Trinajstić information content (AvgIpc) is 2.70. The highest BCUT2D eigenvalue weighted by Crippen LogP contribution is 2.28. The number of methoxy groups -OCH3 is 1. The van der Waals surface area contributed by atoms with Gasteiger partial charge in [-0.1, -0.05) is 35.9 Å². The molecule has 0 bridgehead atoms. The predicted octanol–water partition coefficient (Wildman–Crippen LogP) is 3.09. The van der Waals surface area contributed by atoms with Crippen LogP contribution < -0.4 is 9.64 Å². The summed E-state index contributed by atoms with van der Waals surface area (Å²) in [5.74, 6) is 1.07. The van der Waals surface area contributed by atoms with E-state index in [1.807, 2.05) is 30.1 Å². The first-order valence-corrected chi connectivity index (χ1v) is 9.88. The molecule has 150 valence electrons. The molecule has 1 fully saturated rings. The average molecular weight is 382 g/mol. The highest BCUT2D eigenvalue weighted by molar-refractivity contribution is 5.78. The van der Waals surface area contributed by atoms with Crippen LogP contribution in [0.2, 0.25) is 0 Å². The fourth-order valence-electron chi connectivity index (χ4n) is 3.72. The molecule has 0 unspecified atom stereocenters. The zero-order valence-corrected chi connectivity index (χ0v) is 17.4. The molecule has 1 heterocycles. The third-order valence-electron chi connectivity index (χ3n) is 5.49. The van der Waals surface area contributed by atoms with E-state index in [1.165, 1.54) is 16.7 Å². The van der Waals surface area contributed by atoms with Gasteiger partial charge in [0.05, 0.1) is 19.3 Å². The lowest BCUT2D eigenvalue weighted by Crippen LogP contribution is -2.49. The number of amides is 1. The minimum Gasteiger partial charge on any atom is -0.495 e. The van der Waals surface area contributed by atoms with Gasteiger partial charge in [-0.15, -0.1) is 0 Å². The van der Waals surface area contributed by atoms with Gasteiger partial charge in [0.25, 0.3) is 0 Å². The number of ether oxygens (including phenoxy) is 1. The largest absolute Gasteiger partial charge is 0.495 e. The zero-order chi connectivity index (χ0) is 20.1. The fourth-order valence-corrected chi connectivity index (χ4v) is 3.72. The Morgan fingerprint density at radius 3 is 2.46 bits per heavy atom. The van der Waals surface area contributed by atoms with Crippen LogP contribution in [-0.4, -0.2) is 62.6 Å². The molecule has 0 atom stereocenters. The van der Waals surface area contributed by atoms with Crippen LogP contribution in [-0.2, 0) is 11.3 Å². The Balaban J connectivity index is 1.52. The Labute approximate surface area is 168 Å². The van der Waals surface area contributed by atoms with E-state index in [-0.39, 0.29) is 5.91 Å². The first-order valence-electron chi connectivity index (χ1n) is 9.88. The van der Waals surface area contributed by atoms with E-state index in [0.29, 0.717) is 13.1 Å². The molecule has 1 saturated heterocycles. The number of aryl methyl sites for hydroxylation is 2. The second-order valence-corrected chi connectivity index (χ2v) is 7.61. The molecule has 0 radical (unpaired) electrons. The molecular formula is C23H31N3O2. The normalized spacial score (nSPS) is 14.8. The lowest BCUT2D eigenvalue weighted by molar-refractivity contribution is -0.131. The van der Waals surface area contributed by atoms with Gasteiger partial charge in [-0.3, -0.25) is 9.69 Å². The summed E-state index contributed by atoms with van der Waals surface area (Å²) in [6.45, 7) is 8.88. The van der Waals surface area contributed by atoms with Crippen LogP contribution in [0.4, 0.5) is 5.69 Å². The Morgan fingerprint density at radius 1 is 1.07 bits per heavy atom. The molecule has 0 saturated carbocycles. The van der Waals surface area contributed by atoms with E-state index in [2.05, 4.69) is 47.9 Å². The van der Waals surface area contributed by atoms with Gasteiger partial charge in [0, 0.05) is 39.8 Å². The van der Waals surface area contributed by atoms with Gasteiger partial charge in [0.1, 0.15) is 5.75 Å². The highest BCUT2D eigenvalue weighted by Gasteiger charge is 2.22. The zero-order valence-electron chi connectivity index (χ0n) is 17.4. The van der Waals surface area contributed by atoms with E-state index >= 15 is 0 Å². The molecular weight excluding hydrogens is 350 g/mol. The summed E-state index contributed by atoms with van der Waals surface area (Å²) in [6.07, 6.45) is 0. The summed E-state index contributed by atoms with van der Waals surface area (Å²) in [5, 5.41) is 0. The van der Waals surface area contributed by atoms with Crippen molar-refractivity contribution in [2.24, 2.45) is 0 Å². The monoisotopic (exact) mass is 381 g/mol. The van der Waals surface area contributed by atoms with Gasteiger partial charge in [-0.25, -0.2) is 0 Å². The molecule has 0 aliphatic carbocycles. The summed E-state index contributed by atoms with van der Waals surface area (Å²) in [4.78, 5) is 19.1. The maximum Gasteiger partial charge on any atom is 0.236 e. The van der Waals surface area contributed by atoms with E-state index in [4.69, 9.17) is 4.74 Å². The van der Waals surface area contributed by atoms with Crippen LogP contribution in [0.5, 0.6) is 5.75 Å². The summed E-state index contributed by atoms with van der Waals surface area (Å²) in [7, 11) is 3.60. The Kier molecular flexibility index (Phi) is 6.57. The van der Waals surface area contributed by atoms with Gasteiger partial charge < -0.3 is 14.5 Å². The van der Waals surface area contributed by atoms with Gasteiger partial charge >= 0.3 is 0 Å². The van der Waals surface area contributed by atoms with Crippen molar-refractivity contribution < 1.29 is 9.53 Å². The van der Waals surface area contributed by atoms with Crippen LogP contribution in [0, 0.1) is 13.8 Å². The molecule has 5 heteroatoms. The topological polar surface area (TPSA) is 36.0 Å². The number of carbonyl (C=O) groups is 1. The number of piperazine rings is 1. The third kappa shape index (κ3) is 4.84. The van der Waals surface area contributed by atoms with Crippen molar-refractivity contribution >= 4 is 11.6 Å². The lowest BCUT2D eigenvalue weighted by atomic mass is 10.1. The summed E-state index contributed by atoms with van der Waals surface area (Å²) >= 11 is 0. The smallest absolute Gasteiger partial charge is 0.236 e. The van der Waals surface area contributed by atoms with Crippen molar-refractivity contribution in [3.05, 3.63) is 59.2 Å². The number of hydrogen-bond donors (Lipinski definition) is 0. The molecule has 1 amide bonds. The van der Waals surface area contributed by atoms with Crippen molar-refractivity contribution in [1.82, 2.24) is 9.80 Å². The predicted molar refractivity (Wildman–Crippen MR) is 114 cm³/mol. The molecule has 2 aromatic rings. The fraction of sp³-hybridized carbons (Fsp3) is 0.435. The van der Waals surface area contributed by atoms with Crippen molar-refractivity contribution in [1.29, 1.82) is 0 Å². The number of nitrogens with zero attached hydrogens (tertiary/aromatic N) is 3. The molecule has 1 aliphatic heterocycles. The molecule has 5 nitrogen and oxygen atoms in total. The molecule has 0 aromatic heterocycles. The minimum atomic E-state index is 0.172. The molecule has 28 heavy (non-hydrogen) atoms. The van der Waals surface area contributed by atoms with Gasteiger partial charge in [0.2, 0.25) is 5.91 Å². The number of carbonyl (C=O) groups excluding carboxylic acids is 1. The number of hydrogen-bond acceptors (Lipinski definition) is 4. The quantitative estimate of drug-likeness (QED) is 0.770. The molecule has 1 aliphatic rings. The third-order valence-corrected chi connectivity index (χ3v) is 5.49. The van der Waals surface area contributed by atoms with Crippen molar-refractivity contribution in [2.45, 2.75) is 20.4 Å². The Hall–Kier alpha value is -2.53. The SMILES string of the molecule is COc1ccccc1N1CCN(CC(=O)N(C)Cc2ccc(C)cc2C)CC1. The van der Waals surface area contributed by atoms with Gasteiger partial charge in [-0.2, -0.15) is 0 Å². The summed E-state index contributed by atoms with van der Waals surface area (Å²) in [6, 6.07) is 14.5. The number of benzene rings is 2. The van der Waals surface area contributed by atoms with Crippen molar-refractivity contribution in [2.75, 3.05) is 51.8 Å². The summed E-state index contributed by atoms with van der Waals surface area (Å²) < 4.78 is 5.48. The molecule has 0 spiro atoms. The lowest BCUT2D eigenvalue weighted by Gasteiger charge is -2.36. The van der Waals surface area contributed by atoms with Crippen LogP contribution in [0.3, 0.4) is 0 Å². The van der Waals surface area contributed by atoms with Gasteiger partial charge in [-0.05, 0) is 37.1 Å². The maximum absolute atomic E-state index is 12.7. The highest BCUT2D eigenvalue weighted by atomic mass is 16.5. The Morgan fingerprint density at radius 2 is 1.79 bits per heavy atom. The standard InChI is InChI=1S/C23H31N3O2/c1-18-9-10-20(19(2)15-18)16-24(3)23(27)17-25-11-13-26(14-12-25)21-7-5-6-8-22(21)28-4/h5-10,15H,11-14,16-17H2,1-4H3. The number of likely N-dealkylation sites (N-methyl/N-ethyl adjacent to an activating group) is 1. The van der Waals surface area contributed by atoms with E-state index in [9.17, 15) is 4.79 Å². The molecule has 3 rings (SSSR count). The van der Waals surface area contributed by atoms with Crippen LogP contribution in [0.1, 0.15) is 16.7 Å². The summed E-state index contributed by atoms with van der Waals surface area (Å²) in [5.41, 5.74) is 4.83. The van der Waals surface area contributed by atoms with Gasteiger partial charge in [0.15, 0.2) is 0 Å². The van der Waals surface area contributed by atoms with E-state index in [1.54, 1.807) is 7.11 Å². The minimum absolute atomic E-state index is 0.172. The van der Waals surface area contributed by atoms with E-state index in [0.717, 1.165) is 37.6 Å². The van der Waals surface area contributed by atoms with Crippen LogP contribution >= 0.6 is 0 Å². The number of anilines is 1. The second kappa shape index (κ2) is 9.11. The molecule has 2 aromatic carbocycles. The molecule has 0 N–H and O–H groups in total. The first kappa shape index (κ1) is 20.2. The van der Waals surface area contributed by atoms with Crippen molar-refractivity contribution in [3.63, 3.8) is 0 Å². The number of rotatable bonds is 6. The second-order valence-electron chi connectivity index (χ2n) is 7.61. The van der Waals surface area contributed by atoms with Crippen molar-refractivity contribution in [3.8, 4) is 5.75 Å². The van der Waals surface area contributed by atoms with Crippen LogP contribution in [0.15, 0.2) is 42.5 Å². The van der Waals surface area contributed by atoms with Crippen LogP contribution in [0.25, 0.3) is 0 Å². The Bertz CT molecular complexity index is 813. The number of para-hydroxylation sites is 2. The van der Waals surface area contributed by atoms with E-state index < -0.39 is 0 Å². The first-order chi connectivity index (χ1) is 13.5.